The van der Waals surface area contributed by atoms with Crippen molar-refractivity contribution in [3.63, 3.8) is 0 Å². The molecule has 1 amide bonds. The van der Waals surface area contributed by atoms with Crippen LogP contribution in [0.3, 0.4) is 0 Å². The normalized spacial score (nSPS) is 13.4. The van der Waals surface area contributed by atoms with E-state index in [1.165, 1.54) is 23.0 Å². The molecule has 0 saturated heterocycles. The molecule has 2 aromatic heterocycles. The third-order valence-corrected chi connectivity index (χ3v) is 4.67. The smallest absolute Gasteiger partial charge is 0.269 e. The number of hydrogen-bond donors (Lipinski definition) is 1. The molecule has 0 aliphatic carbocycles. The molecule has 0 fully saturated rings. The molecule has 1 aliphatic heterocycles. The largest absolute Gasteiger partial charge is 0.349 e. The van der Waals surface area contributed by atoms with Crippen molar-refractivity contribution in [3.05, 3.63) is 51.8 Å². The minimum atomic E-state index is -1.62. The Hall–Kier alpha value is -2.82. The lowest BCUT2D eigenvalue weighted by atomic mass is 10.1. The van der Waals surface area contributed by atoms with E-state index in [9.17, 15) is 22.4 Å². The maximum Gasteiger partial charge on any atom is 0.269 e. The molecule has 27 heavy (non-hydrogen) atoms. The number of fused-ring (bicyclic) bond motifs is 1. The second kappa shape index (κ2) is 6.41. The minimum absolute atomic E-state index is 0.136. The molecule has 11 heteroatoms. The average Bonchev–Trinajstić information content (AvgIpc) is 3.11. The van der Waals surface area contributed by atoms with Crippen molar-refractivity contribution in [1.82, 2.24) is 25.1 Å². The van der Waals surface area contributed by atoms with Crippen molar-refractivity contribution in [2.24, 2.45) is 0 Å². The molecule has 0 saturated carbocycles. The van der Waals surface area contributed by atoms with E-state index in [0.29, 0.717) is 18.8 Å². The van der Waals surface area contributed by atoms with Gasteiger partial charge in [0.25, 0.3) is 5.91 Å². The average molecular weight is 442 g/mol. The third kappa shape index (κ3) is 2.78. The minimum Gasteiger partial charge on any atom is -0.349 e. The SMILES string of the molecule is O=C1NCCn2nc(-c3ccnc(-c4c(F)c(F)c(Br)c(F)c4F)n3)cc21. The van der Waals surface area contributed by atoms with Gasteiger partial charge in [-0.15, -0.1) is 0 Å². The van der Waals surface area contributed by atoms with Crippen molar-refractivity contribution < 1.29 is 22.4 Å². The van der Waals surface area contributed by atoms with Crippen LogP contribution in [-0.4, -0.2) is 32.2 Å². The van der Waals surface area contributed by atoms with Gasteiger partial charge in [0, 0.05) is 12.7 Å². The van der Waals surface area contributed by atoms with Crippen LogP contribution in [0.15, 0.2) is 22.8 Å². The number of nitrogens with zero attached hydrogens (tertiary/aromatic N) is 4. The molecule has 0 spiro atoms. The second-order valence-electron chi connectivity index (χ2n) is 5.60. The maximum atomic E-state index is 14.2. The first kappa shape index (κ1) is 17.6. The molecule has 0 radical (unpaired) electrons. The standard InChI is InChI=1S/C16H8BrF4N5O/c17-10-13(20)11(18)9(12(19)14(10)21)15-22-2-1-6(24-15)7-5-8-16(27)23-3-4-26(8)25-7/h1-2,5H,3-4H2,(H,23,27). The van der Waals surface area contributed by atoms with E-state index in [2.05, 4.69) is 36.3 Å². The van der Waals surface area contributed by atoms with Crippen LogP contribution in [-0.2, 0) is 6.54 Å². The van der Waals surface area contributed by atoms with Gasteiger partial charge in [0.2, 0.25) is 0 Å². The molecule has 6 nitrogen and oxygen atoms in total. The number of benzene rings is 1. The molecule has 4 rings (SSSR count). The summed E-state index contributed by atoms with van der Waals surface area (Å²) in [6.45, 7) is 0.862. The molecule has 0 atom stereocenters. The summed E-state index contributed by atoms with van der Waals surface area (Å²) in [5, 5.41) is 6.88. The first-order chi connectivity index (χ1) is 12.9. The Morgan fingerprint density at radius 1 is 1.07 bits per heavy atom. The molecule has 0 bridgehead atoms. The Bertz CT molecular complexity index is 1070. The van der Waals surface area contributed by atoms with E-state index in [0.717, 1.165) is 0 Å². The highest BCUT2D eigenvalue weighted by atomic mass is 79.9. The summed E-state index contributed by atoms with van der Waals surface area (Å²) in [4.78, 5) is 19.5. The van der Waals surface area contributed by atoms with Crippen LogP contribution >= 0.6 is 15.9 Å². The van der Waals surface area contributed by atoms with E-state index in [1.807, 2.05) is 0 Å². The number of nitrogens with one attached hydrogen (secondary N) is 1. The van der Waals surface area contributed by atoms with Gasteiger partial charge in [-0.2, -0.15) is 5.10 Å². The van der Waals surface area contributed by atoms with Gasteiger partial charge in [0.1, 0.15) is 11.4 Å². The zero-order valence-electron chi connectivity index (χ0n) is 13.2. The lowest BCUT2D eigenvalue weighted by molar-refractivity contribution is 0.0924. The molecule has 138 valence electrons. The van der Waals surface area contributed by atoms with E-state index in [1.54, 1.807) is 0 Å². The van der Waals surface area contributed by atoms with Crippen molar-refractivity contribution in [1.29, 1.82) is 0 Å². The molecule has 1 N–H and O–H groups in total. The molecule has 3 heterocycles. The Morgan fingerprint density at radius 2 is 1.78 bits per heavy atom. The molecular formula is C16H8BrF4N5O. The highest BCUT2D eigenvalue weighted by molar-refractivity contribution is 9.10. The van der Waals surface area contributed by atoms with Gasteiger partial charge in [-0.05, 0) is 28.1 Å². The number of amides is 1. The second-order valence-corrected chi connectivity index (χ2v) is 6.40. The van der Waals surface area contributed by atoms with Gasteiger partial charge >= 0.3 is 0 Å². The highest BCUT2D eigenvalue weighted by Crippen LogP contribution is 2.33. The number of rotatable bonds is 2. The lowest BCUT2D eigenvalue weighted by Crippen LogP contribution is -2.35. The number of aromatic nitrogens is 4. The zero-order chi connectivity index (χ0) is 19.3. The Labute approximate surface area is 157 Å². The number of carbonyl (C=O) groups is 1. The summed E-state index contributed by atoms with van der Waals surface area (Å²) >= 11 is 2.46. The van der Waals surface area contributed by atoms with Crippen molar-refractivity contribution in [2.45, 2.75) is 6.54 Å². The van der Waals surface area contributed by atoms with Crippen LogP contribution < -0.4 is 5.32 Å². The molecule has 1 aromatic carbocycles. The summed E-state index contributed by atoms with van der Waals surface area (Å²) in [7, 11) is 0. The first-order valence-electron chi connectivity index (χ1n) is 7.59. The Balaban J connectivity index is 1.85. The predicted molar refractivity (Wildman–Crippen MR) is 88.6 cm³/mol. The zero-order valence-corrected chi connectivity index (χ0v) is 14.8. The topological polar surface area (TPSA) is 72.7 Å². The van der Waals surface area contributed by atoms with E-state index < -0.39 is 39.1 Å². The number of carbonyl (C=O) groups excluding carboxylic acids is 1. The van der Waals surface area contributed by atoms with Crippen LogP contribution in [0.2, 0.25) is 0 Å². The van der Waals surface area contributed by atoms with Gasteiger partial charge in [-0.25, -0.2) is 27.5 Å². The van der Waals surface area contributed by atoms with E-state index >= 15 is 0 Å². The fraction of sp³-hybridized carbons (Fsp3) is 0.125. The quantitative estimate of drug-likeness (QED) is 0.376. The van der Waals surface area contributed by atoms with Crippen LogP contribution in [0.25, 0.3) is 22.8 Å². The summed E-state index contributed by atoms with van der Waals surface area (Å²) in [5.74, 6) is -7.30. The summed E-state index contributed by atoms with van der Waals surface area (Å²) in [6, 6.07) is 2.85. The Kier molecular flexibility index (Phi) is 4.17. The van der Waals surface area contributed by atoms with Crippen LogP contribution in [0.1, 0.15) is 10.5 Å². The summed E-state index contributed by atoms with van der Waals surface area (Å²) < 4.78 is 56.5. The van der Waals surface area contributed by atoms with Gasteiger partial charge in [-0.1, -0.05) is 0 Å². The third-order valence-electron chi connectivity index (χ3n) is 3.97. The van der Waals surface area contributed by atoms with Gasteiger partial charge in [-0.3, -0.25) is 9.48 Å². The van der Waals surface area contributed by atoms with Crippen molar-refractivity contribution in [3.8, 4) is 22.8 Å². The Morgan fingerprint density at radius 3 is 2.44 bits per heavy atom. The summed E-state index contributed by atoms with van der Waals surface area (Å²) in [5.41, 5.74) is -0.340. The number of halogens is 5. The molecular weight excluding hydrogens is 434 g/mol. The number of hydrogen-bond acceptors (Lipinski definition) is 4. The van der Waals surface area contributed by atoms with E-state index in [-0.39, 0.29) is 17.3 Å². The lowest BCUT2D eigenvalue weighted by Gasteiger charge is -2.13. The van der Waals surface area contributed by atoms with E-state index in [4.69, 9.17) is 0 Å². The maximum absolute atomic E-state index is 14.2. The van der Waals surface area contributed by atoms with Crippen LogP contribution in [0.5, 0.6) is 0 Å². The fourth-order valence-corrected chi connectivity index (χ4v) is 3.03. The van der Waals surface area contributed by atoms with Gasteiger partial charge in [0.15, 0.2) is 29.1 Å². The monoisotopic (exact) mass is 441 g/mol. The van der Waals surface area contributed by atoms with Crippen LogP contribution in [0.4, 0.5) is 17.6 Å². The summed E-state index contributed by atoms with van der Waals surface area (Å²) in [6.07, 6.45) is 1.17. The predicted octanol–water partition coefficient (Wildman–Crippen LogP) is 3.07. The molecule has 1 aliphatic rings. The highest BCUT2D eigenvalue weighted by Gasteiger charge is 2.27. The van der Waals surface area contributed by atoms with Crippen LogP contribution in [0, 0.1) is 23.3 Å². The molecule has 3 aromatic rings. The molecule has 0 unspecified atom stereocenters. The van der Waals surface area contributed by atoms with Gasteiger partial charge < -0.3 is 5.32 Å². The van der Waals surface area contributed by atoms with Crippen molar-refractivity contribution >= 4 is 21.8 Å². The van der Waals surface area contributed by atoms with Crippen molar-refractivity contribution in [2.75, 3.05) is 6.54 Å². The first-order valence-corrected chi connectivity index (χ1v) is 8.39. The fourth-order valence-electron chi connectivity index (χ4n) is 2.68. The van der Waals surface area contributed by atoms with Gasteiger partial charge in [0.05, 0.1) is 22.3 Å².